The van der Waals surface area contributed by atoms with Gasteiger partial charge < -0.3 is 20.2 Å². The second kappa shape index (κ2) is 4.74. The van der Waals surface area contributed by atoms with Crippen molar-refractivity contribution in [2.45, 2.75) is 18.9 Å². The highest BCUT2D eigenvalue weighted by Crippen LogP contribution is 2.29. The Kier molecular flexibility index (Phi) is 3.06. The van der Waals surface area contributed by atoms with Crippen LogP contribution in [0, 0.1) is 0 Å². The third kappa shape index (κ3) is 2.38. The van der Waals surface area contributed by atoms with Gasteiger partial charge in [-0.2, -0.15) is 0 Å². The average molecular weight is 261 g/mol. The van der Waals surface area contributed by atoms with E-state index < -0.39 is 0 Å². The van der Waals surface area contributed by atoms with E-state index >= 15 is 0 Å². The number of nitrogens with one attached hydrogen (secondary N) is 1. The van der Waals surface area contributed by atoms with Crippen molar-refractivity contribution in [2.24, 2.45) is 0 Å². The summed E-state index contributed by atoms with van der Waals surface area (Å²) in [5.74, 6) is 0. The molecule has 2 heterocycles. The summed E-state index contributed by atoms with van der Waals surface area (Å²) in [5, 5.41) is 12.4. The fourth-order valence-electron chi connectivity index (χ4n) is 2.75. The molecule has 102 valence electrons. The van der Waals surface area contributed by atoms with Crippen LogP contribution in [0.3, 0.4) is 0 Å². The number of amides is 2. The van der Waals surface area contributed by atoms with Crippen molar-refractivity contribution in [1.82, 2.24) is 4.90 Å². The number of likely N-dealkylation sites (tertiary alicyclic amines) is 1. The minimum absolute atomic E-state index is 0.128. The second-order valence-electron chi connectivity index (χ2n) is 5.33. The number of benzene rings is 1. The van der Waals surface area contributed by atoms with Crippen molar-refractivity contribution in [2.75, 3.05) is 36.9 Å². The average Bonchev–Trinajstić information content (AvgIpc) is 2.97. The van der Waals surface area contributed by atoms with E-state index in [0.29, 0.717) is 19.5 Å². The number of urea groups is 1. The number of hydrogen-bond acceptors (Lipinski definition) is 3. The number of β-amino-alcohol motifs (C(OH)–C–C–N with tert-alkyl or cyclic N) is 1. The van der Waals surface area contributed by atoms with Gasteiger partial charge in [0.25, 0.3) is 0 Å². The summed E-state index contributed by atoms with van der Waals surface area (Å²) in [5.41, 5.74) is 3.34. The molecule has 0 aromatic heterocycles. The second-order valence-corrected chi connectivity index (χ2v) is 5.33. The van der Waals surface area contributed by atoms with Crippen LogP contribution in [0.1, 0.15) is 12.0 Å². The molecule has 2 aliphatic rings. The molecule has 0 radical (unpaired) electrons. The van der Waals surface area contributed by atoms with Crippen LogP contribution in [-0.4, -0.2) is 48.8 Å². The number of carbonyl (C=O) groups excluding carboxylic acids is 1. The maximum atomic E-state index is 12.0. The summed E-state index contributed by atoms with van der Waals surface area (Å²) >= 11 is 0. The minimum Gasteiger partial charge on any atom is -0.391 e. The summed E-state index contributed by atoms with van der Waals surface area (Å²) < 4.78 is 0. The van der Waals surface area contributed by atoms with Crippen LogP contribution < -0.4 is 10.2 Å². The summed E-state index contributed by atoms with van der Waals surface area (Å²) in [4.78, 5) is 15.9. The molecular weight excluding hydrogens is 242 g/mol. The number of rotatable bonds is 1. The fourth-order valence-corrected chi connectivity index (χ4v) is 2.75. The Morgan fingerprint density at radius 2 is 2.26 bits per heavy atom. The summed E-state index contributed by atoms with van der Waals surface area (Å²) in [6, 6.07) is 5.92. The van der Waals surface area contributed by atoms with E-state index in [0.717, 1.165) is 18.7 Å². The van der Waals surface area contributed by atoms with E-state index in [2.05, 4.69) is 23.3 Å². The molecule has 5 nitrogen and oxygen atoms in total. The molecule has 1 fully saturated rings. The van der Waals surface area contributed by atoms with E-state index in [1.54, 1.807) is 4.90 Å². The molecule has 5 heteroatoms. The van der Waals surface area contributed by atoms with Gasteiger partial charge in [-0.05, 0) is 30.5 Å². The zero-order valence-electron chi connectivity index (χ0n) is 11.1. The molecule has 2 aliphatic heterocycles. The van der Waals surface area contributed by atoms with Crippen LogP contribution in [0.4, 0.5) is 16.2 Å². The molecular formula is C14H19N3O2. The number of carbonyl (C=O) groups is 1. The van der Waals surface area contributed by atoms with E-state index in [-0.39, 0.29) is 12.1 Å². The molecule has 0 aliphatic carbocycles. The smallest absolute Gasteiger partial charge is 0.321 e. The van der Waals surface area contributed by atoms with Crippen molar-refractivity contribution in [1.29, 1.82) is 0 Å². The Hall–Kier alpha value is -1.75. The molecule has 0 bridgehead atoms. The predicted molar refractivity (Wildman–Crippen MR) is 74.6 cm³/mol. The van der Waals surface area contributed by atoms with Gasteiger partial charge in [0.05, 0.1) is 6.10 Å². The first-order chi connectivity index (χ1) is 9.13. The number of aliphatic hydroxyl groups is 1. The van der Waals surface area contributed by atoms with Gasteiger partial charge in [-0.1, -0.05) is 6.07 Å². The van der Waals surface area contributed by atoms with E-state index in [1.165, 1.54) is 11.3 Å². The molecule has 1 aromatic rings. The molecule has 1 atom stereocenters. The molecule has 0 unspecified atom stereocenters. The number of likely N-dealkylation sites (N-methyl/N-ethyl adjacent to an activating group) is 1. The van der Waals surface area contributed by atoms with Crippen molar-refractivity contribution in [3.05, 3.63) is 23.8 Å². The van der Waals surface area contributed by atoms with Crippen LogP contribution in [0.15, 0.2) is 18.2 Å². The topological polar surface area (TPSA) is 55.8 Å². The molecule has 1 saturated heterocycles. The Labute approximate surface area is 112 Å². The van der Waals surface area contributed by atoms with Gasteiger partial charge in [-0.25, -0.2) is 4.79 Å². The quantitative estimate of drug-likeness (QED) is 0.800. The first-order valence-corrected chi connectivity index (χ1v) is 6.71. The summed E-state index contributed by atoms with van der Waals surface area (Å²) in [7, 11) is 2.06. The fraction of sp³-hybridized carbons (Fsp3) is 0.500. The Bertz CT molecular complexity index is 503. The first kappa shape index (κ1) is 12.3. The Morgan fingerprint density at radius 1 is 1.42 bits per heavy atom. The SMILES string of the molecule is CN1CCc2ccc(NC(=O)N3CC[C@@H](O)C3)cc21. The van der Waals surface area contributed by atoms with Crippen molar-refractivity contribution in [3.8, 4) is 0 Å². The van der Waals surface area contributed by atoms with Crippen molar-refractivity contribution < 1.29 is 9.90 Å². The van der Waals surface area contributed by atoms with Gasteiger partial charge in [0, 0.05) is 38.1 Å². The predicted octanol–water partition coefficient (Wildman–Crippen LogP) is 1.28. The van der Waals surface area contributed by atoms with Gasteiger partial charge in [0.2, 0.25) is 0 Å². The van der Waals surface area contributed by atoms with E-state index in [4.69, 9.17) is 0 Å². The maximum Gasteiger partial charge on any atom is 0.321 e. The summed E-state index contributed by atoms with van der Waals surface area (Å²) in [6.45, 7) is 2.08. The van der Waals surface area contributed by atoms with Gasteiger partial charge >= 0.3 is 6.03 Å². The highest BCUT2D eigenvalue weighted by Gasteiger charge is 2.25. The molecule has 2 N–H and O–H groups in total. The van der Waals surface area contributed by atoms with Crippen LogP contribution in [0.2, 0.25) is 0 Å². The lowest BCUT2D eigenvalue weighted by molar-refractivity contribution is 0.176. The number of nitrogens with zero attached hydrogens (tertiary/aromatic N) is 2. The molecule has 0 saturated carbocycles. The van der Waals surface area contributed by atoms with E-state index in [1.807, 2.05) is 12.1 Å². The number of hydrogen-bond donors (Lipinski definition) is 2. The van der Waals surface area contributed by atoms with Gasteiger partial charge in [-0.3, -0.25) is 0 Å². The third-order valence-electron chi connectivity index (χ3n) is 3.91. The minimum atomic E-state index is -0.378. The highest BCUT2D eigenvalue weighted by molar-refractivity contribution is 5.90. The Balaban J connectivity index is 1.70. The first-order valence-electron chi connectivity index (χ1n) is 6.71. The lowest BCUT2D eigenvalue weighted by Gasteiger charge is -2.18. The van der Waals surface area contributed by atoms with Crippen LogP contribution >= 0.6 is 0 Å². The van der Waals surface area contributed by atoms with Gasteiger partial charge in [0.1, 0.15) is 0 Å². The van der Waals surface area contributed by atoms with Crippen molar-refractivity contribution >= 4 is 17.4 Å². The monoisotopic (exact) mass is 261 g/mol. The largest absolute Gasteiger partial charge is 0.391 e. The molecule has 19 heavy (non-hydrogen) atoms. The Morgan fingerprint density at radius 3 is 3.00 bits per heavy atom. The maximum absolute atomic E-state index is 12.0. The van der Waals surface area contributed by atoms with Gasteiger partial charge in [-0.15, -0.1) is 0 Å². The lowest BCUT2D eigenvalue weighted by Crippen LogP contribution is -2.33. The molecule has 0 spiro atoms. The van der Waals surface area contributed by atoms with E-state index in [9.17, 15) is 9.90 Å². The third-order valence-corrected chi connectivity index (χ3v) is 3.91. The van der Waals surface area contributed by atoms with Crippen LogP contribution in [0.25, 0.3) is 0 Å². The van der Waals surface area contributed by atoms with Crippen LogP contribution in [-0.2, 0) is 6.42 Å². The zero-order valence-corrected chi connectivity index (χ0v) is 11.1. The van der Waals surface area contributed by atoms with Gasteiger partial charge in [0.15, 0.2) is 0 Å². The molecule has 1 aromatic carbocycles. The zero-order chi connectivity index (χ0) is 13.4. The number of fused-ring (bicyclic) bond motifs is 1. The lowest BCUT2D eigenvalue weighted by atomic mass is 10.1. The summed E-state index contributed by atoms with van der Waals surface area (Å²) in [6.07, 6.45) is 1.36. The van der Waals surface area contributed by atoms with Crippen molar-refractivity contribution in [3.63, 3.8) is 0 Å². The number of aliphatic hydroxyl groups excluding tert-OH is 1. The molecule has 3 rings (SSSR count). The van der Waals surface area contributed by atoms with Crippen LogP contribution in [0.5, 0.6) is 0 Å². The standard InChI is InChI=1S/C14H19N3O2/c1-16-6-4-10-2-3-11(8-13(10)16)15-14(19)17-7-5-12(18)9-17/h2-3,8,12,18H,4-7,9H2,1H3,(H,15,19)/t12-/m1/s1. The normalized spacial score (nSPS) is 21.7. The molecule has 2 amide bonds. The highest BCUT2D eigenvalue weighted by atomic mass is 16.3. The number of anilines is 2.